The molecule has 0 amide bonds. The van der Waals surface area contributed by atoms with Crippen molar-refractivity contribution in [3.8, 4) is 11.9 Å². The molecule has 0 spiro atoms. The van der Waals surface area contributed by atoms with E-state index < -0.39 is 0 Å². The average molecular weight is 252 g/mol. The van der Waals surface area contributed by atoms with Crippen molar-refractivity contribution in [2.45, 2.75) is 6.42 Å². The van der Waals surface area contributed by atoms with E-state index in [1.54, 1.807) is 36.5 Å². The first-order valence-electron chi connectivity index (χ1n) is 5.76. The number of hydrogen-bond donors (Lipinski definition) is 0. The summed E-state index contributed by atoms with van der Waals surface area (Å²) in [6.07, 6.45) is 1.80. The van der Waals surface area contributed by atoms with Crippen molar-refractivity contribution in [3.05, 3.63) is 59.3 Å². The summed E-state index contributed by atoms with van der Waals surface area (Å²) >= 11 is 0. The third-order valence-electron chi connectivity index (χ3n) is 2.69. The zero-order valence-electron chi connectivity index (χ0n) is 10.5. The lowest BCUT2D eigenvalue weighted by Crippen LogP contribution is -2.06. The fourth-order valence-corrected chi connectivity index (χ4v) is 1.80. The minimum atomic E-state index is -0.0833. The van der Waals surface area contributed by atoms with Crippen LogP contribution in [0, 0.1) is 11.3 Å². The van der Waals surface area contributed by atoms with Gasteiger partial charge in [-0.05, 0) is 29.8 Å². The lowest BCUT2D eigenvalue weighted by atomic mass is 10.0. The van der Waals surface area contributed by atoms with Crippen LogP contribution in [0.5, 0.6) is 5.88 Å². The second-order valence-electron chi connectivity index (χ2n) is 3.97. The number of rotatable bonds is 4. The van der Waals surface area contributed by atoms with Crippen molar-refractivity contribution < 1.29 is 9.53 Å². The molecule has 1 aromatic carbocycles. The summed E-state index contributed by atoms with van der Waals surface area (Å²) in [4.78, 5) is 16.2. The summed E-state index contributed by atoms with van der Waals surface area (Å²) in [5, 5.41) is 8.83. The second-order valence-corrected chi connectivity index (χ2v) is 3.97. The highest BCUT2D eigenvalue weighted by molar-refractivity contribution is 5.99. The normalized spacial score (nSPS) is 9.68. The van der Waals surface area contributed by atoms with Crippen LogP contribution in [0.2, 0.25) is 0 Å². The van der Waals surface area contributed by atoms with E-state index in [1.807, 2.05) is 6.07 Å². The van der Waals surface area contributed by atoms with Gasteiger partial charge in [0, 0.05) is 12.6 Å². The van der Waals surface area contributed by atoms with E-state index in [0.717, 1.165) is 5.56 Å². The molecule has 0 aliphatic rings. The molecule has 0 saturated heterocycles. The number of ketones is 1. The quantitative estimate of drug-likeness (QED) is 0.784. The van der Waals surface area contributed by atoms with Crippen LogP contribution in [0.1, 0.15) is 21.5 Å². The van der Waals surface area contributed by atoms with Crippen molar-refractivity contribution in [3.63, 3.8) is 0 Å². The number of pyridine rings is 1. The SMILES string of the molecule is COc1ncccc1C(=O)Cc1cccc(C#N)c1. The number of benzene rings is 1. The predicted molar refractivity (Wildman–Crippen MR) is 70.0 cm³/mol. The van der Waals surface area contributed by atoms with Crippen molar-refractivity contribution in [1.82, 2.24) is 4.98 Å². The standard InChI is InChI=1S/C15H12N2O2/c1-19-15-13(6-3-7-17-15)14(18)9-11-4-2-5-12(8-11)10-16/h2-8H,9H2,1H3. The zero-order chi connectivity index (χ0) is 13.7. The molecule has 94 valence electrons. The van der Waals surface area contributed by atoms with Crippen LogP contribution in [0.25, 0.3) is 0 Å². The molecule has 19 heavy (non-hydrogen) atoms. The van der Waals surface area contributed by atoms with Crippen LogP contribution in [0.4, 0.5) is 0 Å². The predicted octanol–water partition coefficient (Wildman–Crippen LogP) is 2.39. The van der Waals surface area contributed by atoms with Gasteiger partial charge in [0.2, 0.25) is 5.88 Å². The van der Waals surface area contributed by atoms with E-state index in [9.17, 15) is 4.79 Å². The second kappa shape index (κ2) is 5.78. The van der Waals surface area contributed by atoms with Crippen molar-refractivity contribution in [1.29, 1.82) is 5.26 Å². The Balaban J connectivity index is 2.23. The van der Waals surface area contributed by atoms with Gasteiger partial charge in [-0.3, -0.25) is 4.79 Å². The molecule has 2 rings (SSSR count). The van der Waals surface area contributed by atoms with Gasteiger partial charge in [-0.1, -0.05) is 12.1 Å². The molecule has 0 radical (unpaired) electrons. The maximum absolute atomic E-state index is 12.2. The molecule has 0 aliphatic heterocycles. The summed E-state index contributed by atoms with van der Waals surface area (Å²) in [5.41, 5.74) is 1.80. The van der Waals surface area contributed by atoms with E-state index in [1.165, 1.54) is 7.11 Å². The highest BCUT2D eigenvalue weighted by Crippen LogP contribution is 2.17. The molecular formula is C15H12N2O2. The summed E-state index contributed by atoms with van der Waals surface area (Å²) in [7, 11) is 1.48. The molecule has 4 heteroatoms. The molecule has 0 unspecified atom stereocenters. The Morgan fingerprint density at radius 1 is 1.37 bits per heavy atom. The van der Waals surface area contributed by atoms with E-state index in [0.29, 0.717) is 17.0 Å². The number of ether oxygens (including phenoxy) is 1. The number of methoxy groups -OCH3 is 1. The Labute approximate surface area is 111 Å². The van der Waals surface area contributed by atoms with E-state index in [2.05, 4.69) is 11.1 Å². The van der Waals surface area contributed by atoms with Crippen LogP contribution < -0.4 is 4.74 Å². The fraction of sp³-hybridized carbons (Fsp3) is 0.133. The first-order valence-corrected chi connectivity index (χ1v) is 5.76. The first-order chi connectivity index (χ1) is 9.24. The van der Waals surface area contributed by atoms with Crippen LogP contribution in [-0.4, -0.2) is 17.9 Å². The van der Waals surface area contributed by atoms with E-state index in [-0.39, 0.29) is 12.2 Å². The molecule has 4 nitrogen and oxygen atoms in total. The van der Waals surface area contributed by atoms with Crippen LogP contribution in [-0.2, 0) is 6.42 Å². The average Bonchev–Trinajstić information content (AvgIpc) is 2.47. The first kappa shape index (κ1) is 12.8. The summed E-state index contributed by atoms with van der Waals surface area (Å²) < 4.78 is 5.06. The molecule has 0 atom stereocenters. The highest BCUT2D eigenvalue weighted by Gasteiger charge is 2.13. The number of carbonyl (C=O) groups is 1. The number of nitrogens with zero attached hydrogens (tertiary/aromatic N) is 2. The number of Topliss-reactive ketones (excluding diaryl/α,β-unsaturated/α-hetero) is 1. The third-order valence-corrected chi connectivity index (χ3v) is 2.69. The highest BCUT2D eigenvalue weighted by atomic mass is 16.5. The Kier molecular flexibility index (Phi) is 3.89. The van der Waals surface area contributed by atoms with E-state index in [4.69, 9.17) is 10.00 Å². The van der Waals surface area contributed by atoms with Crippen molar-refractivity contribution in [2.75, 3.05) is 7.11 Å². The molecule has 1 aromatic heterocycles. The topological polar surface area (TPSA) is 63.0 Å². The van der Waals surface area contributed by atoms with Crippen molar-refractivity contribution in [2.24, 2.45) is 0 Å². The van der Waals surface area contributed by atoms with Gasteiger partial charge in [-0.2, -0.15) is 5.26 Å². The molecule has 0 N–H and O–H groups in total. The Hall–Kier alpha value is -2.67. The van der Waals surface area contributed by atoms with Gasteiger partial charge in [0.15, 0.2) is 5.78 Å². The molecule has 1 heterocycles. The lowest BCUT2D eigenvalue weighted by molar-refractivity contribution is 0.0989. The summed E-state index contributed by atoms with van der Waals surface area (Å²) in [5.74, 6) is 0.240. The number of nitriles is 1. The summed E-state index contributed by atoms with van der Waals surface area (Å²) in [6.45, 7) is 0. The monoisotopic (exact) mass is 252 g/mol. The van der Waals surface area contributed by atoms with Crippen LogP contribution in [0.15, 0.2) is 42.6 Å². The number of aromatic nitrogens is 1. The fourth-order valence-electron chi connectivity index (χ4n) is 1.80. The number of hydrogen-bond acceptors (Lipinski definition) is 4. The van der Waals surface area contributed by atoms with Gasteiger partial charge < -0.3 is 4.74 Å². The molecule has 0 aliphatic carbocycles. The van der Waals surface area contributed by atoms with E-state index >= 15 is 0 Å². The van der Waals surface area contributed by atoms with Gasteiger partial charge in [-0.25, -0.2) is 4.98 Å². The molecular weight excluding hydrogens is 240 g/mol. The maximum atomic E-state index is 12.2. The molecule has 0 fully saturated rings. The van der Waals surface area contributed by atoms with Crippen LogP contribution in [0.3, 0.4) is 0 Å². The third kappa shape index (κ3) is 2.96. The Morgan fingerprint density at radius 2 is 2.21 bits per heavy atom. The lowest BCUT2D eigenvalue weighted by Gasteiger charge is -2.06. The van der Waals surface area contributed by atoms with Gasteiger partial charge in [-0.15, -0.1) is 0 Å². The van der Waals surface area contributed by atoms with Gasteiger partial charge in [0.05, 0.1) is 24.3 Å². The smallest absolute Gasteiger partial charge is 0.224 e. The molecule has 0 bridgehead atoms. The minimum absolute atomic E-state index is 0.0833. The summed E-state index contributed by atoms with van der Waals surface area (Å²) in [6, 6.07) is 12.4. The Morgan fingerprint density at radius 3 is 2.95 bits per heavy atom. The zero-order valence-corrected chi connectivity index (χ0v) is 10.5. The molecule has 2 aromatic rings. The van der Waals surface area contributed by atoms with Crippen LogP contribution >= 0.6 is 0 Å². The van der Waals surface area contributed by atoms with Gasteiger partial charge in [0.25, 0.3) is 0 Å². The largest absolute Gasteiger partial charge is 0.480 e. The van der Waals surface area contributed by atoms with Crippen molar-refractivity contribution >= 4 is 5.78 Å². The minimum Gasteiger partial charge on any atom is -0.480 e. The maximum Gasteiger partial charge on any atom is 0.224 e. The van der Waals surface area contributed by atoms with Gasteiger partial charge >= 0.3 is 0 Å². The van der Waals surface area contributed by atoms with Gasteiger partial charge in [0.1, 0.15) is 0 Å². The number of carbonyl (C=O) groups excluding carboxylic acids is 1. The Bertz CT molecular complexity index is 645. The molecule has 0 saturated carbocycles.